The van der Waals surface area contributed by atoms with Gasteiger partial charge in [0.05, 0.1) is 29.4 Å². The first-order valence-electron chi connectivity index (χ1n) is 11.8. The number of amides is 2. The Morgan fingerprint density at radius 1 is 1.13 bits per heavy atom. The minimum atomic E-state index is -4.65. The number of benzene rings is 1. The smallest absolute Gasteiger partial charge is 0.372 e. The zero-order valence-corrected chi connectivity index (χ0v) is 21.8. The van der Waals surface area contributed by atoms with E-state index in [4.69, 9.17) is 16.3 Å². The number of nitrogens with one attached hydrogen (secondary N) is 1. The molecule has 9 nitrogen and oxygen atoms in total. The van der Waals surface area contributed by atoms with E-state index in [9.17, 15) is 22.8 Å². The van der Waals surface area contributed by atoms with Crippen LogP contribution in [-0.2, 0) is 10.9 Å². The molecular formula is C25H26ClF3N6O3. The van der Waals surface area contributed by atoms with Crippen LogP contribution in [0.25, 0.3) is 5.82 Å². The van der Waals surface area contributed by atoms with E-state index >= 15 is 0 Å². The zero-order valence-electron chi connectivity index (χ0n) is 21.1. The molecule has 0 radical (unpaired) electrons. The van der Waals surface area contributed by atoms with Gasteiger partial charge in [-0.05, 0) is 58.0 Å². The lowest BCUT2D eigenvalue weighted by Gasteiger charge is -2.35. The summed E-state index contributed by atoms with van der Waals surface area (Å²) < 4.78 is 46.6. The standard InChI is InChI=1S/C25H26ClF3N6O3/c1-13-11-34(12-14(2)38-13)24(37)17-5-6-21(30-10-17)35-22(32-16(4)33-35)15(3)31-23(36)18-7-19(25(27,28)29)9-20(26)8-18/h5-10,13-15H,11-12H2,1-4H3,(H,31,36)/t13?,14?,15-/m0/s1. The third-order valence-corrected chi connectivity index (χ3v) is 6.10. The van der Waals surface area contributed by atoms with Crippen LogP contribution in [0.1, 0.15) is 64.7 Å². The highest BCUT2D eigenvalue weighted by Gasteiger charge is 2.32. The van der Waals surface area contributed by atoms with Gasteiger partial charge in [-0.1, -0.05) is 11.6 Å². The van der Waals surface area contributed by atoms with Crippen LogP contribution in [0.4, 0.5) is 13.2 Å². The summed E-state index contributed by atoms with van der Waals surface area (Å²) in [4.78, 5) is 36.2. The number of carbonyl (C=O) groups is 2. The maximum Gasteiger partial charge on any atom is 0.416 e. The van der Waals surface area contributed by atoms with Crippen molar-refractivity contribution in [2.24, 2.45) is 0 Å². The molecule has 202 valence electrons. The molecule has 1 saturated heterocycles. The van der Waals surface area contributed by atoms with Crippen LogP contribution in [0.5, 0.6) is 0 Å². The Balaban J connectivity index is 1.53. The van der Waals surface area contributed by atoms with Crippen LogP contribution < -0.4 is 5.32 Å². The van der Waals surface area contributed by atoms with E-state index in [1.54, 1.807) is 30.9 Å². The van der Waals surface area contributed by atoms with E-state index in [1.807, 2.05) is 13.8 Å². The molecule has 1 aromatic carbocycles. The van der Waals surface area contributed by atoms with E-state index in [0.717, 1.165) is 18.2 Å². The Morgan fingerprint density at radius 2 is 1.82 bits per heavy atom. The number of aryl methyl sites for hydroxylation is 1. The number of hydrogen-bond donors (Lipinski definition) is 1. The second kappa shape index (κ2) is 10.7. The topological polar surface area (TPSA) is 102 Å². The number of ether oxygens (including phenoxy) is 1. The normalized spacial score (nSPS) is 18.8. The maximum absolute atomic E-state index is 13.2. The second-order valence-electron chi connectivity index (χ2n) is 9.22. The molecule has 2 unspecified atom stereocenters. The quantitative estimate of drug-likeness (QED) is 0.506. The van der Waals surface area contributed by atoms with Crippen molar-refractivity contribution in [3.05, 3.63) is 69.9 Å². The van der Waals surface area contributed by atoms with Crippen LogP contribution in [0.2, 0.25) is 5.02 Å². The van der Waals surface area contributed by atoms with Gasteiger partial charge in [0.15, 0.2) is 11.6 Å². The van der Waals surface area contributed by atoms with Crippen LogP contribution in [0.15, 0.2) is 36.5 Å². The summed E-state index contributed by atoms with van der Waals surface area (Å²) in [5, 5.41) is 6.76. The predicted molar refractivity (Wildman–Crippen MR) is 132 cm³/mol. The molecule has 1 aliphatic heterocycles. The molecule has 3 aromatic rings. The molecule has 2 amide bonds. The maximum atomic E-state index is 13.2. The molecule has 0 spiro atoms. The summed E-state index contributed by atoms with van der Waals surface area (Å²) in [5.74, 6) is 0.115. The van der Waals surface area contributed by atoms with Crippen LogP contribution >= 0.6 is 11.6 Å². The SMILES string of the molecule is Cc1nc([C@H](C)NC(=O)c2cc(Cl)cc(C(F)(F)F)c2)n(-c2ccc(C(=O)N3CC(C)OC(C)C3)cn2)n1. The van der Waals surface area contributed by atoms with Gasteiger partial charge in [-0.15, -0.1) is 5.10 Å². The van der Waals surface area contributed by atoms with Crippen molar-refractivity contribution in [1.82, 2.24) is 30.0 Å². The number of hydrogen-bond acceptors (Lipinski definition) is 6. The summed E-state index contributed by atoms with van der Waals surface area (Å²) in [6.45, 7) is 8.05. The van der Waals surface area contributed by atoms with Gasteiger partial charge < -0.3 is 15.0 Å². The van der Waals surface area contributed by atoms with Gasteiger partial charge in [0.2, 0.25) is 0 Å². The minimum Gasteiger partial charge on any atom is -0.372 e. The number of morpholine rings is 1. The number of aromatic nitrogens is 4. The van der Waals surface area contributed by atoms with E-state index < -0.39 is 23.7 Å². The molecule has 4 rings (SSSR count). The highest BCUT2D eigenvalue weighted by atomic mass is 35.5. The third kappa shape index (κ3) is 6.13. The fourth-order valence-electron chi connectivity index (χ4n) is 4.27. The van der Waals surface area contributed by atoms with Crippen molar-refractivity contribution in [2.75, 3.05) is 13.1 Å². The van der Waals surface area contributed by atoms with Gasteiger partial charge in [0.25, 0.3) is 11.8 Å². The van der Waals surface area contributed by atoms with Crippen molar-refractivity contribution >= 4 is 23.4 Å². The molecule has 1 aliphatic rings. The van der Waals surface area contributed by atoms with Gasteiger partial charge in [-0.2, -0.15) is 17.9 Å². The van der Waals surface area contributed by atoms with Gasteiger partial charge in [0, 0.05) is 29.9 Å². The molecule has 0 bridgehead atoms. The molecule has 0 aliphatic carbocycles. The van der Waals surface area contributed by atoms with Crippen molar-refractivity contribution < 1.29 is 27.5 Å². The fraction of sp³-hybridized carbons (Fsp3) is 0.400. The zero-order chi connectivity index (χ0) is 27.8. The first-order valence-corrected chi connectivity index (χ1v) is 12.2. The molecule has 3 atom stereocenters. The van der Waals surface area contributed by atoms with Crippen LogP contribution in [0, 0.1) is 6.92 Å². The summed E-state index contributed by atoms with van der Waals surface area (Å²) in [6, 6.07) is 5.13. The lowest BCUT2D eigenvalue weighted by molar-refractivity contribution is -0.137. The monoisotopic (exact) mass is 550 g/mol. The van der Waals surface area contributed by atoms with Gasteiger partial charge in [-0.3, -0.25) is 9.59 Å². The van der Waals surface area contributed by atoms with Crippen molar-refractivity contribution in [3.63, 3.8) is 0 Å². The number of halogens is 4. The molecule has 13 heteroatoms. The average Bonchev–Trinajstić information content (AvgIpc) is 3.24. The number of pyridine rings is 1. The average molecular weight is 551 g/mol. The Kier molecular flexibility index (Phi) is 7.75. The Hall–Kier alpha value is -3.51. The summed E-state index contributed by atoms with van der Waals surface area (Å²) >= 11 is 5.81. The number of nitrogens with zero attached hydrogens (tertiary/aromatic N) is 5. The van der Waals surface area contributed by atoms with E-state index in [2.05, 4.69) is 20.4 Å². The highest BCUT2D eigenvalue weighted by molar-refractivity contribution is 6.31. The molecule has 3 heterocycles. The van der Waals surface area contributed by atoms with Gasteiger partial charge in [0.1, 0.15) is 5.82 Å². The molecule has 1 N–H and O–H groups in total. The number of rotatable bonds is 5. The van der Waals surface area contributed by atoms with Gasteiger partial charge >= 0.3 is 6.18 Å². The number of carbonyl (C=O) groups excluding carboxylic acids is 2. The molecule has 38 heavy (non-hydrogen) atoms. The minimum absolute atomic E-state index is 0.0701. The highest BCUT2D eigenvalue weighted by Crippen LogP contribution is 2.32. The third-order valence-electron chi connectivity index (χ3n) is 5.88. The Bertz CT molecular complexity index is 1340. The van der Waals surface area contributed by atoms with Crippen LogP contribution in [0.3, 0.4) is 0 Å². The fourth-order valence-corrected chi connectivity index (χ4v) is 4.51. The van der Waals surface area contributed by atoms with Gasteiger partial charge in [-0.25, -0.2) is 9.97 Å². The van der Waals surface area contributed by atoms with E-state index in [-0.39, 0.29) is 28.7 Å². The largest absolute Gasteiger partial charge is 0.416 e. The first-order chi connectivity index (χ1) is 17.8. The molecule has 1 fully saturated rings. The lowest BCUT2D eigenvalue weighted by Crippen LogP contribution is -2.48. The van der Waals surface area contributed by atoms with E-state index in [1.165, 1.54) is 10.9 Å². The van der Waals surface area contributed by atoms with Crippen molar-refractivity contribution in [2.45, 2.75) is 52.1 Å². The lowest BCUT2D eigenvalue weighted by atomic mass is 10.1. The Morgan fingerprint density at radius 3 is 2.42 bits per heavy atom. The summed E-state index contributed by atoms with van der Waals surface area (Å²) in [6.07, 6.45) is -3.35. The Labute approximate surface area is 222 Å². The van der Waals surface area contributed by atoms with E-state index in [0.29, 0.717) is 36.1 Å². The first kappa shape index (κ1) is 27.5. The molecule has 0 saturated carbocycles. The van der Waals surface area contributed by atoms with Crippen LogP contribution in [-0.4, -0.2) is 61.8 Å². The van der Waals surface area contributed by atoms with Crippen molar-refractivity contribution in [3.8, 4) is 5.82 Å². The summed E-state index contributed by atoms with van der Waals surface area (Å²) in [7, 11) is 0. The molecule has 2 aromatic heterocycles. The number of alkyl halides is 3. The second-order valence-corrected chi connectivity index (χ2v) is 9.66. The molecular weight excluding hydrogens is 525 g/mol. The predicted octanol–water partition coefficient (Wildman–Crippen LogP) is 4.38. The van der Waals surface area contributed by atoms with Crippen molar-refractivity contribution in [1.29, 1.82) is 0 Å². The summed E-state index contributed by atoms with van der Waals surface area (Å²) in [5.41, 5.74) is -0.870.